The number of aromatic carboxylic acids is 2. The van der Waals surface area contributed by atoms with Gasteiger partial charge < -0.3 is 20.9 Å². The number of hydrogen-bond donors (Lipinski definition) is 4. The van der Waals surface area contributed by atoms with Crippen LogP contribution in [0.4, 0.5) is 5.82 Å². The number of aromatic nitrogens is 1. The molecule has 0 bridgehead atoms. The molecular formula is C16H18N2O5Si. The summed E-state index contributed by atoms with van der Waals surface area (Å²) in [5, 5.41) is 19.9. The van der Waals surface area contributed by atoms with Gasteiger partial charge in [0.2, 0.25) is 0 Å². The van der Waals surface area contributed by atoms with E-state index in [4.69, 9.17) is 5.73 Å². The normalized spacial score (nSPS) is 11.3. The van der Waals surface area contributed by atoms with E-state index in [0.717, 1.165) is 5.19 Å². The maximum absolute atomic E-state index is 12.0. The van der Waals surface area contributed by atoms with E-state index in [2.05, 4.69) is 24.6 Å². The van der Waals surface area contributed by atoms with E-state index in [1.54, 1.807) is 12.1 Å². The minimum Gasteiger partial charge on any atom is -0.478 e. The molecule has 0 aliphatic rings. The van der Waals surface area contributed by atoms with Crippen molar-refractivity contribution in [2.45, 2.75) is 19.6 Å². The van der Waals surface area contributed by atoms with E-state index in [1.807, 2.05) is 12.1 Å². The lowest BCUT2D eigenvalue weighted by atomic mass is 9.95. The number of anilines is 1. The van der Waals surface area contributed by atoms with Gasteiger partial charge in [-0.25, -0.2) is 9.59 Å². The zero-order valence-corrected chi connectivity index (χ0v) is 14.5. The summed E-state index contributed by atoms with van der Waals surface area (Å²) in [5.74, 6) is -3.29. The lowest BCUT2D eigenvalue weighted by Crippen LogP contribution is -2.37. The highest BCUT2D eigenvalue weighted by atomic mass is 28.3. The van der Waals surface area contributed by atoms with Gasteiger partial charge in [-0.2, -0.15) is 0 Å². The maximum Gasteiger partial charge on any atom is 0.342 e. The molecule has 24 heavy (non-hydrogen) atoms. The molecule has 1 heterocycles. The molecule has 0 aliphatic heterocycles. The number of nitrogens with two attached hydrogens (primary N) is 1. The molecule has 2 rings (SSSR count). The maximum atomic E-state index is 12.0. The Morgan fingerprint density at radius 3 is 1.92 bits per heavy atom. The third-order valence-corrected chi connectivity index (χ3v) is 5.78. The Morgan fingerprint density at radius 1 is 1.00 bits per heavy atom. The summed E-state index contributed by atoms with van der Waals surface area (Å²) in [5.41, 5.74) is 3.75. The fraction of sp³-hybridized carbons (Fsp3) is 0.188. The van der Waals surface area contributed by atoms with Gasteiger partial charge in [0.1, 0.15) is 16.9 Å². The summed E-state index contributed by atoms with van der Waals surface area (Å²) in [4.78, 5) is 37.1. The minimum absolute atomic E-state index is 0.182. The van der Waals surface area contributed by atoms with Crippen LogP contribution in [-0.2, 0) is 0 Å². The second kappa shape index (κ2) is 5.97. The molecule has 0 spiro atoms. The predicted molar refractivity (Wildman–Crippen MR) is 93.8 cm³/mol. The lowest BCUT2D eigenvalue weighted by molar-refractivity contribution is 0.0695. The molecule has 0 amide bonds. The van der Waals surface area contributed by atoms with E-state index in [-0.39, 0.29) is 11.4 Å². The number of nitrogens with one attached hydrogen (secondary N) is 1. The van der Waals surface area contributed by atoms with Crippen LogP contribution in [0.15, 0.2) is 29.1 Å². The van der Waals surface area contributed by atoms with Gasteiger partial charge in [-0.15, -0.1) is 0 Å². The molecular weight excluding hydrogens is 328 g/mol. The van der Waals surface area contributed by atoms with Crippen molar-refractivity contribution in [3.63, 3.8) is 0 Å². The molecule has 0 unspecified atom stereocenters. The monoisotopic (exact) mass is 346 g/mol. The average molecular weight is 346 g/mol. The zero-order chi connectivity index (χ0) is 18.2. The average Bonchev–Trinajstić information content (AvgIpc) is 2.44. The van der Waals surface area contributed by atoms with Crippen molar-refractivity contribution in [2.24, 2.45) is 0 Å². The number of benzene rings is 1. The molecule has 126 valence electrons. The molecule has 8 heteroatoms. The first-order valence-corrected chi connectivity index (χ1v) is 10.7. The predicted octanol–water partition coefficient (Wildman–Crippen LogP) is 1.57. The van der Waals surface area contributed by atoms with E-state index in [1.165, 1.54) is 0 Å². The van der Waals surface area contributed by atoms with E-state index >= 15 is 0 Å². The molecule has 7 nitrogen and oxygen atoms in total. The van der Waals surface area contributed by atoms with Crippen molar-refractivity contribution in [1.29, 1.82) is 0 Å². The second-order valence-electron chi connectivity index (χ2n) is 6.43. The molecule has 0 atom stereocenters. The van der Waals surface area contributed by atoms with Crippen molar-refractivity contribution in [2.75, 3.05) is 5.73 Å². The van der Waals surface area contributed by atoms with Crippen LogP contribution in [0.1, 0.15) is 20.7 Å². The molecule has 0 aliphatic carbocycles. The van der Waals surface area contributed by atoms with Crippen molar-refractivity contribution in [3.8, 4) is 11.1 Å². The van der Waals surface area contributed by atoms with E-state index in [9.17, 15) is 24.6 Å². The van der Waals surface area contributed by atoms with Crippen LogP contribution < -0.4 is 16.5 Å². The third-order valence-electron chi connectivity index (χ3n) is 3.71. The summed E-state index contributed by atoms with van der Waals surface area (Å²) < 4.78 is 0. The summed E-state index contributed by atoms with van der Waals surface area (Å²) in [6.45, 7) is 6.45. The zero-order valence-electron chi connectivity index (χ0n) is 13.5. The first-order chi connectivity index (χ1) is 11.0. The Bertz CT molecular complexity index is 879. The van der Waals surface area contributed by atoms with Crippen molar-refractivity contribution in [3.05, 3.63) is 45.7 Å². The van der Waals surface area contributed by atoms with Gasteiger partial charge >= 0.3 is 11.9 Å². The van der Waals surface area contributed by atoms with E-state index < -0.39 is 36.7 Å². The first-order valence-electron chi connectivity index (χ1n) is 7.17. The fourth-order valence-corrected chi connectivity index (χ4v) is 3.64. The molecule has 0 saturated carbocycles. The quantitative estimate of drug-likeness (QED) is 0.621. The van der Waals surface area contributed by atoms with Gasteiger partial charge in [-0.05, 0) is 5.56 Å². The SMILES string of the molecule is C[Si](C)(C)c1ccc(-c2c(C(=O)O)c(N)[nH]c(=O)c2C(=O)O)cc1. The van der Waals surface area contributed by atoms with Gasteiger partial charge in [0.05, 0.1) is 8.07 Å². The van der Waals surface area contributed by atoms with Crippen LogP contribution in [0.3, 0.4) is 0 Å². The largest absolute Gasteiger partial charge is 0.478 e. The smallest absolute Gasteiger partial charge is 0.342 e. The molecule has 1 aromatic carbocycles. The number of pyridine rings is 1. The number of hydrogen-bond acceptors (Lipinski definition) is 4. The van der Waals surface area contributed by atoms with Gasteiger partial charge in [0.25, 0.3) is 5.56 Å². The number of carbonyl (C=O) groups is 2. The van der Waals surface area contributed by atoms with Gasteiger partial charge in [0, 0.05) is 5.56 Å². The van der Waals surface area contributed by atoms with Crippen molar-refractivity contribution < 1.29 is 19.8 Å². The summed E-state index contributed by atoms with van der Waals surface area (Å²) in [6, 6.07) is 6.91. The molecule has 0 radical (unpaired) electrons. The summed E-state index contributed by atoms with van der Waals surface area (Å²) >= 11 is 0. The number of nitrogen functional groups attached to an aromatic ring is 1. The van der Waals surface area contributed by atoms with Gasteiger partial charge in [0.15, 0.2) is 0 Å². The van der Waals surface area contributed by atoms with Crippen LogP contribution in [0.25, 0.3) is 11.1 Å². The Balaban J connectivity index is 2.84. The highest BCUT2D eigenvalue weighted by molar-refractivity contribution is 6.88. The van der Waals surface area contributed by atoms with E-state index in [0.29, 0.717) is 5.56 Å². The first kappa shape index (κ1) is 17.5. The van der Waals surface area contributed by atoms with Crippen LogP contribution in [0, 0.1) is 0 Å². The van der Waals surface area contributed by atoms with Crippen molar-refractivity contribution >= 4 is 31.0 Å². The second-order valence-corrected chi connectivity index (χ2v) is 11.5. The Morgan fingerprint density at radius 2 is 1.50 bits per heavy atom. The topological polar surface area (TPSA) is 133 Å². The van der Waals surface area contributed by atoms with Gasteiger partial charge in [-0.1, -0.05) is 49.1 Å². The Kier molecular flexibility index (Phi) is 4.35. The molecule has 0 saturated heterocycles. The number of carboxylic acids is 2. The summed E-state index contributed by atoms with van der Waals surface area (Å²) in [6.07, 6.45) is 0. The fourth-order valence-electron chi connectivity index (χ4n) is 2.47. The van der Waals surface area contributed by atoms with Crippen molar-refractivity contribution in [1.82, 2.24) is 4.98 Å². The van der Waals surface area contributed by atoms with Crippen LogP contribution >= 0.6 is 0 Å². The molecule has 1 aromatic heterocycles. The summed E-state index contributed by atoms with van der Waals surface area (Å²) in [7, 11) is -1.58. The van der Waals surface area contributed by atoms with Crippen LogP contribution in [0.5, 0.6) is 0 Å². The number of carboxylic acid groups (broad SMARTS) is 2. The van der Waals surface area contributed by atoms with Crippen LogP contribution in [0.2, 0.25) is 19.6 Å². The number of rotatable bonds is 4. The number of aromatic amines is 1. The number of H-pyrrole nitrogens is 1. The van der Waals surface area contributed by atoms with Gasteiger partial charge in [-0.3, -0.25) is 4.79 Å². The third kappa shape index (κ3) is 3.09. The highest BCUT2D eigenvalue weighted by Crippen LogP contribution is 2.28. The minimum atomic E-state index is -1.58. The van der Waals surface area contributed by atoms with Crippen LogP contribution in [-0.4, -0.2) is 35.2 Å². The standard InChI is InChI=1S/C16H18N2O5Si/c1-24(2,3)9-6-4-8(5-7-9)10-11(15(20)21)13(17)18-14(19)12(10)16(22)23/h4-7H,1-3H3,(H,20,21)(H,22,23)(H3,17,18,19). The lowest BCUT2D eigenvalue weighted by Gasteiger charge is -2.18. The highest BCUT2D eigenvalue weighted by Gasteiger charge is 2.26. The molecule has 5 N–H and O–H groups in total. The Hall–Kier alpha value is -2.87. The molecule has 0 fully saturated rings. The molecule has 2 aromatic rings. The Labute approximate surface area is 138 Å².